The third-order valence-electron chi connectivity index (χ3n) is 13.1. The van der Waals surface area contributed by atoms with Crippen molar-refractivity contribution in [1.29, 1.82) is 0 Å². The van der Waals surface area contributed by atoms with Gasteiger partial charge in [-0.15, -0.1) is 0 Å². The molecular weight excluding hydrogens is 1100 g/mol. The molecule has 0 aliphatic carbocycles. The van der Waals surface area contributed by atoms with E-state index in [-0.39, 0.29) is 34.1 Å². The van der Waals surface area contributed by atoms with Crippen LogP contribution in [0.4, 0.5) is 0 Å². The molecule has 16 unspecified atom stereocenters. The predicted octanol–water partition coefficient (Wildman–Crippen LogP) is -1.07. The first-order chi connectivity index (χ1) is 39.0. The normalized spacial score (nSPS) is 29.9. The zero-order valence-electron chi connectivity index (χ0n) is 42.5. The number of carboxylic acids is 1. The maximum absolute atomic E-state index is 13.0. The molecule has 0 radical (unpaired) electrons. The molecule has 28 nitrogen and oxygen atoms in total. The molecule has 28 heteroatoms. The molecule has 0 spiro atoms. The zero-order chi connectivity index (χ0) is 59.1. The average Bonchev–Trinajstić information content (AvgIpc) is 3.45. The van der Waals surface area contributed by atoms with Crippen LogP contribution < -0.4 is 4.74 Å². The van der Waals surface area contributed by atoms with Crippen LogP contribution in [0.1, 0.15) is 34.8 Å². The van der Waals surface area contributed by atoms with E-state index in [4.69, 9.17) is 47.7 Å². The molecule has 0 amide bonds. The van der Waals surface area contributed by atoms with Crippen LogP contribution in [0.15, 0.2) is 96.8 Å². The van der Waals surface area contributed by atoms with Gasteiger partial charge in [-0.25, -0.2) is 9.59 Å². The van der Waals surface area contributed by atoms with Gasteiger partial charge in [0.25, 0.3) is 11.9 Å². The van der Waals surface area contributed by atoms with Gasteiger partial charge in [0.15, 0.2) is 29.7 Å². The summed E-state index contributed by atoms with van der Waals surface area (Å²) in [5.41, 5.74) is 0.914. The molecule has 3 saturated heterocycles. The van der Waals surface area contributed by atoms with Gasteiger partial charge in [0, 0.05) is 24.3 Å². The minimum absolute atomic E-state index is 0.0247. The molecule has 3 fully saturated rings. The van der Waals surface area contributed by atoms with Crippen LogP contribution in [-0.2, 0) is 57.1 Å². The number of carbonyl (C=O) groups is 4. The first-order valence-electron chi connectivity index (χ1n) is 24.9. The highest BCUT2D eigenvalue weighted by atomic mass is 16.8. The Labute approximate surface area is 462 Å². The lowest BCUT2D eigenvalue weighted by atomic mass is 9.97. The lowest BCUT2D eigenvalue weighted by Gasteiger charge is -2.46. The number of carboxylic acid groups (broad SMARTS) is 1. The Kier molecular flexibility index (Phi) is 19.2. The van der Waals surface area contributed by atoms with Crippen molar-refractivity contribution in [3.8, 4) is 40.2 Å². The van der Waals surface area contributed by atoms with E-state index in [9.17, 15) is 85.6 Å². The summed E-state index contributed by atoms with van der Waals surface area (Å²) >= 11 is 0. The van der Waals surface area contributed by atoms with Gasteiger partial charge in [-0.3, -0.25) is 9.59 Å². The highest BCUT2D eigenvalue weighted by molar-refractivity contribution is 5.90. The molecule has 8 rings (SSSR count). The Bertz CT molecular complexity index is 3000. The first kappa shape index (κ1) is 60.0. The van der Waals surface area contributed by atoms with E-state index in [0.717, 1.165) is 36.4 Å². The van der Waals surface area contributed by atoms with Crippen molar-refractivity contribution in [2.45, 2.75) is 105 Å². The van der Waals surface area contributed by atoms with Crippen LogP contribution in [0, 0.1) is 0 Å². The smallest absolute Gasteiger partial charge is 0.330 e. The van der Waals surface area contributed by atoms with Crippen molar-refractivity contribution >= 4 is 42.1 Å². The van der Waals surface area contributed by atoms with E-state index in [1.165, 1.54) is 72.8 Å². The van der Waals surface area contributed by atoms with Crippen LogP contribution in [0.3, 0.4) is 0 Å². The lowest BCUT2D eigenvalue weighted by molar-refractivity contribution is -0.364. The second-order valence-corrected chi connectivity index (χ2v) is 19.0. The van der Waals surface area contributed by atoms with Crippen molar-refractivity contribution in [3.63, 3.8) is 0 Å². The summed E-state index contributed by atoms with van der Waals surface area (Å²) in [6.45, 7) is -2.39. The Morgan fingerprint density at radius 1 is 0.524 bits per heavy atom. The second kappa shape index (κ2) is 26.2. The van der Waals surface area contributed by atoms with Gasteiger partial charge in [-0.05, 0) is 65.7 Å². The summed E-state index contributed by atoms with van der Waals surface area (Å²) in [5.74, 6) is -7.37. The summed E-state index contributed by atoms with van der Waals surface area (Å²) < 4.78 is 56.3. The Morgan fingerprint density at radius 2 is 1.04 bits per heavy atom. The van der Waals surface area contributed by atoms with Gasteiger partial charge in [0.2, 0.25) is 12.6 Å². The third kappa shape index (κ3) is 14.5. The summed E-state index contributed by atoms with van der Waals surface area (Å²) in [6, 6.07) is 17.1. The minimum atomic E-state index is -2.17. The standard InChI is InChI=1S/C54H56O28/c55-26-8-1-23(2-9-26)5-13-39(62)73-20-35-42(65)46(69)49(72)53(80-35)82-51-47(70)44(67)37(21-74-40(63)14-6-24-3-10-27(56)11-4-24)81-54(51)78-34-18-29-32(76-50(34)25-7-12-30(58)31(59)15-25)16-28(57)17-33(29)77-52-48(71)45(68)43(66)36(79-52)22-75-41(64)19-38(60)61/h1-18,35-37,42-59,65-72H,19-22H2,(H,60,61)/p+1. The molecular formula is C54H57O28+. The van der Waals surface area contributed by atoms with Gasteiger partial charge in [-0.1, -0.05) is 24.3 Å². The summed E-state index contributed by atoms with van der Waals surface area (Å²) in [7, 11) is 0. The minimum Gasteiger partial charge on any atom is -0.571 e. The van der Waals surface area contributed by atoms with E-state index in [1.54, 1.807) is 0 Å². The molecule has 4 aliphatic rings. The SMILES string of the molecule is O=C(O)CC(=O)OCC1OC(Oc2cc(O)cc3c2C=C(OC2OC(COC(=O)C=Cc4ccc(O)cc4)C(O)C(O)C2OC2OC(COC(=O)C=Cc4ccc(O)cc4)C(O)C(O)C2O)C(c2ccc(O)c(O)c2)[OH+]3)C(O)C(O)C1O. The van der Waals surface area contributed by atoms with Gasteiger partial charge in [-0.2, -0.15) is 0 Å². The Hall–Kier alpha value is -8.10. The fourth-order valence-corrected chi connectivity index (χ4v) is 8.71. The highest BCUT2D eigenvalue weighted by Gasteiger charge is 2.53. The number of rotatable bonds is 19. The van der Waals surface area contributed by atoms with Crippen molar-refractivity contribution < 1.29 is 138 Å². The number of ether oxygens (including phenoxy) is 10. The number of aliphatic carboxylic acids is 1. The molecule has 0 bridgehead atoms. The van der Waals surface area contributed by atoms with Crippen LogP contribution >= 0.6 is 0 Å². The average molecular weight is 1150 g/mol. The number of aliphatic hydroxyl groups excluding tert-OH is 8. The number of hydrogen-bond donors (Lipinski definition) is 14. The summed E-state index contributed by atoms with van der Waals surface area (Å²) in [5, 5.41) is 149. The monoisotopic (exact) mass is 1150 g/mol. The molecule has 4 aromatic rings. The number of benzene rings is 4. The molecule has 0 aromatic heterocycles. The van der Waals surface area contributed by atoms with Crippen molar-refractivity contribution in [1.82, 2.24) is 0 Å². The number of aromatic hydroxyl groups is 6. The van der Waals surface area contributed by atoms with E-state index in [0.29, 0.717) is 11.1 Å². The first-order valence-corrected chi connectivity index (χ1v) is 24.9. The quantitative estimate of drug-likeness (QED) is 0.0133. The predicted molar refractivity (Wildman–Crippen MR) is 270 cm³/mol. The number of aliphatic hydroxyl groups is 9. The number of carbonyl (C=O) groups excluding carboxylic acids is 3. The van der Waals surface area contributed by atoms with E-state index in [2.05, 4.69) is 4.74 Å². The fraction of sp³-hybridized carbons (Fsp3) is 0.370. The van der Waals surface area contributed by atoms with E-state index >= 15 is 0 Å². The fourth-order valence-electron chi connectivity index (χ4n) is 8.71. The number of phenols is 5. The molecule has 82 heavy (non-hydrogen) atoms. The van der Waals surface area contributed by atoms with Crippen LogP contribution in [0.25, 0.3) is 18.2 Å². The Morgan fingerprint density at radius 3 is 1.59 bits per heavy atom. The number of phenolic OH excluding ortho intramolecular Hbond substituents is 5. The largest absolute Gasteiger partial charge is 0.571 e. The molecule has 16 atom stereocenters. The molecule has 4 heterocycles. The molecule has 15 N–H and O–H groups in total. The van der Waals surface area contributed by atoms with Crippen LogP contribution in [0.2, 0.25) is 0 Å². The molecule has 4 aliphatic heterocycles. The van der Waals surface area contributed by atoms with Gasteiger partial charge in [0.1, 0.15) is 122 Å². The Balaban J connectivity index is 1.11. The molecule has 4 aromatic carbocycles. The van der Waals surface area contributed by atoms with E-state index < -0.39 is 171 Å². The molecule has 440 valence electrons. The topological polar surface area (TPSA) is 447 Å². The zero-order valence-corrected chi connectivity index (χ0v) is 42.5. The van der Waals surface area contributed by atoms with Crippen molar-refractivity contribution in [2.24, 2.45) is 0 Å². The van der Waals surface area contributed by atoms with Crippen molar-refractivity contribution in [2.75, 3.05) is 19.8 Å². The number of hydrogen-bond acceptors (Lipinski definition) is 26. The van der Waals surface area contributed by atoms with Gasteiger partial charge >= 0.3 is 23.9 Å². The maximum atomic E-state index is 13.0. The number of esters is 3. The molecule has 0 saturated carbocycles. The van der Waals surface area contributed by atoms with E-state index in [1.807, 2.05) is 0 Å². The van der Waals surface area contributed by atoms with Crippen molar-refractivity contribution in [3.05, 3.63) is 119 Å². The highest BCUT2D eigenvalue weighted by Crippen LogP contribution is 2.48. The second-order valence-electron chi connectivity index (χ2n) is 19.0. The van der Waals surface area contributed by atoms with Crippen LogP contribution in [0.5, 0.6) is 40.2 Å². The summed E-state index contributed by atoms with van der Waals surface area (Å²) in [6.07, 6.45) is -26.0. The van der Waals surface area contributed by atoms with Gasteiger partial charge in [0.05, 0.1) is 11.6 Å². The van der Waals surface area contributed by atoms with Crippen LogP contribution in [-0.4, -0.2) is 212 Å². The maximum Gasteiger partial charge on any atom is 0.330 e. The lowest BCUT2D eigenvalue weighted by Crippen LogP contribution is -2.64. The summed E-state index contributed by atoms with van der Waals surface area (Å²) in [4.78, 5) is 48.8. The third-order valence-corrected chi connectivity index (χ3v) is 13.1. The van der Waals surface area contributed by atoms with Gasteiger partial charge < -0.3 is 119 Å². The number of fused-ring (bicyclic) bond motifs is 1.